The topological polar surface area (TPSA) is 173 Å². The quantitative estimate of drug-likeness (QED) is 0.0441. The number of phenolic OH excluding ortho intramolecular Hbond substituents is 1. The van der Waals surface area contributed by atoms with Crippen LogP contribution in [-0.4, -0.2) is 68.8 Å². The first-order valence-corrected chi connectivity index (χ1v) is 21.8. The smallest absolute Gasteiger partial charge is 0.872 e. The molecule has 2 N–H and O–H groups in total. The van der Waals surface area contributed by atoms with Gasteiger partial charge in [-0.05, 0) is 91.4 Å². The molecule has 0 fully saturated rings. The molecule has 0 amide bonds. The number of benzene rings is 4. The number of aromatic hydroxyl groups is 1. The van der Waals surface area contributed by atoms with Crippen LogP contribution in [0.1, 0.15) is 115 Å². The Morgan fingerprint density at radius 1 is 0.527 bits per heavy atom. The van der Waals surface area contributed by atoms with E-state index >= 15 is 0 Å². The van der Waals surface area contributed by atoms with Gasteiger partial charge in [0.05, 0.1) is 4.90 Å². The predicted octanol–water partition coefficient (Wildman–Crippen LogP) is 10.1. The number of aryl methyl sites for hydroxylation is 2. The average molecular weight is 823 g/mol. The van der Waals surface area contributed by atoms with E-state index in [2.05, 4.69) is 13.8 Å². The van der Waals surface area contributed by atoms with Gasteiger partial charge in [0.2, 0.25) is 0 Å². The molecule has 0 radical (unpaired) electrons. The van der Waals surface area contributed by atoms with Gasteiger partial charge in [-0.2, -0.15) is 8.42 Å². The van der Waals surface area contributed by atoms with Crippen LogP contribution in [0.15, 0.2) is 94.7 Å². The third kappa shape index (κ3) is 18.8. The molecule has 0 aromatic heterocycles. The van der Waals surface area contributed by atoms with Crippen LogP contribution in [0.25, 0.3) is 0 Å². The molecule has 296 valence electrons. The van der Waals surface area contributed by atoms with Gasteiger partial charge >= 0.3 is 37.7 Å². The van der Waals surface area contributed by atoms with E-state index in [1.807, 2.05) is 0 Å². The van der Waals surface area contributed by atoms with Crippen LogP contribution in [0.4, 0.5) is 0 Å². The third-order valence-corrected chi connectivity index (χ3v) is 10.7. The monoisotopic (exact) mass is 822 g/mol. The second-order valence-corrected chi connectivity index (χ2v) is 16.1. The Labute approximate surface area is 357 Å². The van der Waals surface area contributed by atoms with Gasteiger partial charge in [-0.3, -0.25) is 4.55 Å². The number of rotatable bonds is 22. The third-order valence-electron chi connectivity index (χ3n) is 8.86. The van der Waals surface area contributed by atoms with E-state index in [0.29, 0.717) is 41.2 Å². The molecule has 0 saturated heterocycles. The maximum Gasteiger partial charge on any atom is 2.00 e. The Morgan fingerprint density at radius 2 is 0.891 bits per heavy atom. The van der Waals surface area contributed by atoms with E-state index in [9.17, 15) is 36.2 Å². The Bertz CT molecular complexity index is 1770. The number of phenols is 1. The van der Waals surface area contributed by atoms with Gasteiger partial charge in [-0.25, -0.2) is 8.42 Å². The summed E-state index contributed by atoms with van der Waals surface area (Å²) in [6.45, 7) is 4.36. The van der Waals surface area contributed by atoms with Gasteiger partial charge in [0.1, 0.15) is 43.8 Å². The van der Waals surface area contributed by atoms with E-state index < -0.39 is 20.2 Å². The Kier molecular flexibility index (Phi) is 22.3. The molecule has 10 nitrogen and oxygen atoms in total. The molecule has 4 aromatic carbocycles. The van der Waals surface area contributed by atoms with Gasteiger partial charge < -0.3 is 24.2 Å². The van der Waals surface area contributed by atoms with Crippen LogP contribution in [0, 0.1) is 0 Å². The van der Waals surface area contributed by atoms with Crippen LogP contribution in [0.2, 0.25) is 0 Å². The molecular weight excluding hydrogens is 769 g/mol. The molecule has 4 rings (SSSR count). The van der Waals surface area contributed by atoms with Gasteiger partial charge in [-0.15, -0.1) is 5.75 Å². The molecule has 0 unspecified atom stereocenters. The largest absolute Gasteiger partial charge is 2.00 e. The van der Waals surface area contributed by atoms with Crippen LogP contribution in [0.5, 0.6) is 34.5 Å². The normalized spacial score (nSPS) is 11.3. The number of hydrogen-bond donors (Lipinski definition) is 2. The second kappa shape index (κ2) is 25.4. The van der Waals surface area contributed by atoms with E-state index in [1.165, 1.54) is 99.9 Å². The summed E-state index contributed by atoms with van der Waals surface area (Å²) in [5.74, 6) is 1.42. The Morgan fingerprint density at radius 3 is 1.31 bits per heavy atom. The molecular formula is C42H54CaO10S2. The first-order chi connectivity index (χ1) is 25.8. The summed E-state index contributed by atoms with van der Waals surface area (Å²) in [5.41, 5.74) is 1.13. The molecule has 0 spiro atoms. The predicted molar refractivity (Wildman–Crippen MR) is 214 cm³/mol. The minimum absolute atomic E-state index is 0. The zero-order valence-corrected chi connectivity index (χ0v) is 35.9. The van der Waals surface area contributed by atoms with Crippen molar-refractivity contribution in [2.45, 2.75) is 126 Å². The minimum Gasteiger partial charge on any atom is -0.872 e. The number of ether oxygens (including phenoxy) is 2. The summed E-state index contributed by atoms with van der Waals surface area (Å²) in [6, 6.07) is 21.1. The van der Waals surface area contributed by atoms with Crippen molar-refractivity contribution in [1.29, 1.82) is 0 Å². The maximum atomic E-state index is 11.8. The van der Waals surface area contributed by atoms with E-state index in [1.54, 1.807) is 36.4 Å². The molecule has 0 aliphatic heterocycles. The SMILES string of the molecule is CCCCCCCCCc1ccc(Oc2ccc(O)cc2)cc1S(=O)(=O)O.CCCCCCCCCc1ccc(Oc2ccc([O-])cc2)cc1S(=O)(=O)[O-].[Ca+2]. The van der Waals surface area contributed by atoms with Crippen molar-refractivity contribution in [1.82, 2.24) is 0 Å². The van der Waals surface area contributed by atoms with Crippen molar-refractivity contribution >= 4 is 58.0 Å². The summed E-state index contributed by atoms with van der Waals surface area (Å²) in [4.78, 5) is -0.337. The molecule has 4 aromatic rings. The second-order valence-electron chi connectivity index (χ2n) is 13.4. The minimum atomic E-state index is -4.59. The van der Waals surface area contributed by atoms with E-state index in [4.69, 9.17) is 9.47 Å². The fourth-order valence-electron chi connectivity index (χ4n) is 5.92. The summed E-state index contributed by atoms with van der Waals surface area (Å²) >= 11 is 0. The molecule has 0 aliphatic rings. The number of hydrogen-bond acceptors (Lipinski definition) is 9. The van der Waals surface area contributed by atoms with Crippen molar-refractivity contribution in [2.75, 3.05) is 0 Å². The van der Waals surface area contributed by atoms with E-state index in [-0.39, 0.29) is 64.8 Å². The summed E-state index contributed by atoms with van der Waals surface area (Å²) in [5, 5.41) is 20.4. The van der Waals surface area contributed by atoms with Gasteiger partial charge in [-0.1, -0.05) is 115 Å². The molecule has 13 heteroatoms. The van der Waals surface area contributed by atoms with Gasteiger partial charge in [0.15, 0.2) is 0 Å². The first-order valence-electron chi connectivity index (χ1n) is 18.9. The fourth-order valence-corrected chi connectivity index (χ4v) is 7.44. The number of unbranched alkanes of at least 4 members (excludes halogenated alkanes) is 12. The maximum absolute atomic E-state index is 11.8. The van der Waals surface area contributed by atoms with Crippen LogP contribution < -0.4 is 14.6 Å². The zero-order valence-electron chi connectivity index (χ0n) is 32.1. The summed E-state index contributed by atoms with van der Waals surface area (Å²) in [7, 11) is -8.92. The Hall–Kier alpha value is -2.84. The molecule has 0 saturated carbocycles. The first kappa shape index (κ1) is 48.3. The zero-order chi connectivity index (χ0) is 39.4. The molecule has 0 aliphatic carbocycles. The molecule has 0 bridgehead atoms. The van der Waals surface area contributed by atoms with Crippen molar-refractivity contribution < 1.29 is 45.6 Å². The molecule has 55 heavy (non-hydrogen) atoms. The van der Waals surface area contributed by atoms with Crippen LogP contribution in [-0.2, 0) is 33.1 Å². The van der Waals surface area contributed by atoms with Crippen molar-refractivity contribution in [3.8, 4) is 34.5 Å². The van der Waals surface area contributed by atoms with Gasteiger partial charge in [0.25, 0.3) is 10.1 Å². The molecule has 0 heterocycles. The summed E-state index contributed by atoms with van der Waals surface area (Å²) < 4.78 is 79.3. The fraction of sp³-hybridized carbons (Fsp3) is 0.429. The van der Waals surface area contributed by atoms with E-state index in [0.717, 1.165) is 38.5 Å². The van der Waals surface area contributed by atoms with Crippen LogP contribution in [0.3, 0.4) is 0 Å². The van der Waals surface area contributed by atoms with Gasteiger partial charge in [0, 0.05) is 6.07 Å². The van der Waals surface area contributed by atoms with Crippen LogP contribution >= 0.6 is 0 Å². The standard InChI is InChI=1S/2C21H28O5S.Ca/c2*1-2-3-4-5-6-7-8-9-17-10-13-20(16-21(17)27(23,24)25)26-19-14-11-18(22)12-15-19;/h2*10-16,22H,2-9H2,1H3,(H,23,24,25);/q;;+2/p-2. The average Bonchev–Trinajstić information content (AvgIpc) is 3.13. The Balaban J connectivity index is 0.000000373. The van der Waals surface area contributed by atoms with Crippen molar-refractivity contribution in [2.24, 2.45) is 0 Å². The van der Waals surface area contributed by atoms with Crippen molar-refractivity contribution in [3.05, 3.63) is 96.1 Å². The molecule has 0 atom stereocenters. The summed E-state index contributed by atoms with van der Waals surface area (Å²) in [6.07, 6.45) is 17.0. The van der Waals surface area contributed by atoms with Crippen molar-refractivity contribution in [3.63, 3.8) is 0 Å².